The number of carbonyl (C=O) groups is 1. The molecule has 25 heavy (non-hydrogen) atoms. The van der Waals surface area contributed by atoms with Gasteiger partial charge in [0, 0.05) is 23.6 Å². The Morgan fingerprint density at radius 1 is 1.20 bits per heavy atom. The fraction of sp³-hybridized carbons (Fsp3) is 0.353. The van der Waals surface area contributed by atoms with Crippen LogP contribution in [0.3, 0.4) is 0 Å². The molecule has 1 aromatic heterocycles. The third kappa shape index (κ3) is 4.91. The van der Waals surface area contributed by atoms with Crippen molar-refractivity contribution in [1.29, 1.82) is 0 Å². The van der Waals surface area contributed by atoms with E-state index in [1.54, 1.807) is 17.5 Å². The highest BCUT2D eigenvalue weighted by molar-refractivity contribution is 9.10. The van der Waals surface area contributed by atoms with Crippen LogP contribution in [0.2, 0.25) is 0 Å². The monoisotopic (exact) mass is 442 g/mol. The second-order valence-corrected chi connectivity index (χ2v) is 9.82. The number of halogens is 1. The molecule has 0 aliphatic carbocycles. The topological polar surface area (TPSA) is 66.5 Å². The maximum Gasteiger partial charge on any atom is 0.250 e. The minimum Gasteiger partial charge on any atom is -0.342 e. The van der Waals surface area contributed by atoms with E-state index in [0.717, 1.165) is 10.0 Å². The van der Waals surface area contributed by atoms with Crippen molar-refractivity contribution < 1.29 is 13.2 Å². The van der Waals surface area contributed by atoms with Gasteiger partial charge in [0.05, 0.1) is 6.42 Å². The van der Waals surface area contributed by atoms with E-state index in [0.29, 0.717) is 36.6 Å². The van der Waals surface area contributed by atoms with Crippen LogP contribution < -0.4 is 4.72 Å². The Balaban J connectivity index is 1.51. The molecular formula is C17H19BrN2O3S2. The first kappa shape index (κ1) is 18.6. The predicted molar refractivity (Wildman–Crippen MR) is 102 cm³/mol. The van der Waals surface area contributed by atoms with E-state index in [1.807, 2.05) is 29.2 Å². The first-order valence-electron chi connectivity index (χ1n) is 8.02. The molecule has 0 atom stereocenters. The van der Waals surface area contributed by atoms with E-state index in [9.17, 15) is 13.2 Å². The average molecular weight is 443 g/mol. The number of likely N-dealkylation sites (tertiary alicyclic amines) is 1. The van der Waals surface area contributed by atoms with E-state index in [1.165, 1.54) is 11.3 Å². The van der Waals surface area contributed by atoms with Crippen LogP contribution in [0.5, 0.6) is 0 Å². The Hall–Kier alpha value is -1.22. The summed E-state index contributed by atoms with van der Waals surface area (Å²) in [7, 11) is -3.45. The van der Waals surface area contributed by atoms with Crippen molar-refractivity contribution in [3.63, 3.8) is 0 Å². The van der Waals surface area contributed by atoms with Crippen LogP contribution in [-0.4, -0.2) is 38.4 Å². The molecule has 2 heterocycles. The SMILES string of the molecule is O=C(Cc1ccc(Br)cc1)N1CCC(NS(=O)(=O)c2cccs2)CC1. The van der Waals surface area contributed by atoms with Crippen molar-refractivity contribution in [2.24, 2.45) is 0 Å². The zero-order valence-electron chi connectivity index (χ0n) is 13.5. The van der Waals surface area contributed by atoms with Gasteiger partial charge in [-0.25, -0.2) is 13.1 Å². The van der Waals surface area contributed by atoms with E-state index in [2.05, 4.69) is 20.7 Å². The zero-order valence-corrected chi connectivity index (χ0v) is 16.7. The number of benzene rings is 1. The fourth-order valence-electron chi connectivity index (χ4n) is 2.83. The molecule has 8 heteroatoms. The van der Waals surface area contributed by atoms with E-state index >= 15 is 0 Å². The minimum atomic E-state index is -3.45. The van der Waals surface area contributed by atoms with Crippen LogP contribution in [0.25, 0.3) is 0 Å². The Kier molecular flexibility index (Phi) is 5.93. The van der Waals surface area contributed by atoms with Crippen molar-refractivity contribution >= 4 is 43.2 Å². The third-order valence-electron chi connectivity index (χ3n) is 4.20. The van der Waals surface area contributed by atoms with Crippen LogP contribution >= 0.6 is 27.3 Å². The molecule has 0 unspecified atom stereocenters. The first-order chi connectivity index (χ1) is 11.9. The number of carbonyl (C=O) groups excluding carboxylic acids is 1. The molecule has 134 valence electrons. The van der Waals surface area contributed by atoms with Crippen LogP contribution in [0.4, 0.5) is 0 Å². The number of nitrogens with zero attached hydrogens (tertiary/aromatic N) is 1. The molecule has 0 radical (unpaired) electrons. The number of rotatable bonds is 5. The smallest absolute Gasteiger partial charge is 0.250 e. The van der Waals surface area contributed by atoms with Crippen molar-refractivity contribution in [2.45, 2.75) is 29.5 Å². The van der Waals surface area contributed by atoms with E-state index in [4.69, 9.17) is 0 Å². The molecule has 1 amide bonds. The molecule has 1 aromatic carbocycles. The highest BCUT2D eigenvalue weighted by Gasteiger charge is 2.27. The van der Waals surface area contributed by atoms with Crippen molar-refractivity contribution in [3.8, 4) is 0 Å². The highest BCUT2D eigenvalue weighted by Crippen LogP contribution is 2.19. The van der Waals surface area contributed by atoms with E-state index < -0.39 is 10.0 Å². The highest BCUT2D eigenvalue weighted by atomic mass is 79.9. The van der Waals surface area contributed by atoms with Gasteiger partial charge in [-0.2, -0.15) is 0 Å². The molecule has 1 aliphatic rings. The lowest BCUT2D eigenvalue weighted by atomic mass is 10.0. The van der Waals surface area contributed by atoms with Gasteiger partial charge >= 0.3 is 0 Å². The first-order valence-corrected chi connectivity index (χ1v) is 11.2. The lowest BCUT2D eigenvalue weighted by molar-refractivity contribution is -0.131. The normalized spacial score (nSPS) is 16.1. The van der Waals surface area contributed by atoms with Crippen LogP contribution in [0, 0.1) is 0 Å². The van der Waals surface area contributed by atoms with Gasteiger partial charge in [0.15, 0.2) is 0 Å². The lowest BCUT2D eigenvalue weighted by Gasteiger charge is -2.32. The third-order valence-corrected chi connectivity index (χ3v) is 7.64. The second-order valence-electron chi connectivity index (χ2n) is 6.01. The Labute approximate surface area is 160 Å². The summed E-state index contributed by atoms with van der Waals surface area (Å²) in [5.41, 5.74) is 0.980. The zero-order chi connectivity index (χ0) is 17.9. The summed E-state index contributed by atoms with van der Waals surface area (Å²) in [6, 6.07) is 10.9. The van der Waals surface area contributed by atoms with Gasteiger partial charge in [0.25, 0.3) is 0 Å². The van der Waals surface area contributed by atoms with Gasteiger partial charge in [-0.3, -0.25) is 4.79 Å². The summed E-state index contributed by atoms with van der Waals surface area (Å²) in [6.07, 6.45) is 1.65. The molecule has 0 saturated carbocycles. The number of hydrogen-bond donors (Lipinski definition) is 1. The molecule has 0 bridgehead atoms. The number of thiophene rings is 1. The molecule has 2 aromatic rings. The van der Waals surface area contributed by atoms with Gasteiger partial charge in [-0.1, -0.05) is 34.1 Å². The van der Waals surface area contributed by atoms with Crippen molar-refractivity contribution in [1.82, 2.24) is 9.62 Å². The fourth-order valence-corrected chi connectivity index (χ4v) is 5.41. The molecule has 1 fully saturated rings. The summed E-state index contributed by atoms with van der Waals surface area (Å²) in [5.74, 6) is 0.0851. The average Bonchev–Trinajstić information content (AvgIpc) is 3.13. The van der Waals surface area contributed by atoms with Gasteiger partial charge in [-0.15, -0.1) is 11.3 Å². The molecule has 1 aliphatic heterocycles. The summed E-state index contributed by atoms with van der Waals surface area (Å²) >= 11 is 4.59. The maximum absolute atomic E-state index is 12.4. The molecule has 5 nitrogen and oxygen atoms in total. The molecule has 3 rings (SSSR count). The Bertz CT molecular complexity index is 812. The number of hydrogen-bond acceptors (Lipinski definition) is 4. The Morgan fingerprint density at radius 3 is 2.48 bits per heavy atom. The predicted octanol–water partition coefficient (Wildman–Crippen LogP) is 3.02. The second kappa shape index (κ2) is 7.99. The quantitative estimate of drug-likeness (QED) is 0.773. The standard InChI is InChI=1S/C17H19BrN2O3S2/c18-14-5-3-13(4-6-14)12-16(21)20-9-7-15(8-10-20)19-25(22,23)17-2-1-11-24-17/h1-6,11,15,19H,7-10,12H2. The van der Waals surface area contributed by atoms with Gasteiger partial charge in [-0.05, 0) is 42.0 Å². The van der Waals surface area contributed by atoms with Gasteiger partial charge < -0.3 is 4.90 Å². The molecule has 0 spiro atoms. The largest absolute Gasteiger partial charge is 0.342 e. The minimum absolute atomic E-state index is 0.0851. The van der Waals surface area contributed by atoms with Crippen LogP contribution in [0.1, 0.15) is 18.4 Å². The number of amides is 1. The van der Waals surface area contributed by atoms with E-state index in [-0.39, 0.29) is 11.9 Å². The number of nitrogens with one attached hydrogen (secondary N) is 1. The van der Waals surface area contributed by atoms with Crippen LogP contribution in [-0.2, 0) is 21.2 Å². The summed E-state index contributed by atoms with van der Waals surface area (Å²) in [4.78, 5) is 14.2. The van der Waals surface area contributed by atoms with Gasteiger partial charge in [0.1, 0.15) is 4.21 Å². The van der Waals surface area contributed by atoms with Gasteiger partial charge in [0.2, 0.25) is 15.9 Å². The molecular weight excluding hydrogens is 424 g/mol. The summed E-state index contributed by atoms with van der Waals surface area (Å²) < 4.78 is 28.6. The van der Waals surface area contributed by atoms with Crippen molar-refractivity contribution in [3.05, 3.63) is 51.8 Å². The summed E-state index contributed by atoms with van der Waals surface area (Å²) in [6.45, 7) is 1.15. The Morgan fingerprint density at radius 2 is 1.88 bits per heavy atom. The molecule has 1 saturated heterocycles. The number of piperidine rings is 1. The van der Waals surface area contributed by atoms with Crippen LogP contribution in [0.15, 0.2) is 50.5 Å². The lowest BCUT2D eigenvalue weighted by Crippen LogP contribution is -2.46. The maximum atomic E-state index is 12.4. The summed E-state index contributed by atoms with van der Waals surface area (Å²) in [5, 5.41) is 1.75. The number of sulfonamides is 1. The molecule has 1 N–H and O–H groups in total. The van der Waals surface area contributed by atoms with Crippen molar-refractivity contribution in [2.75, 3.05) is 13.1 Å².